The van der Waals surface area contributed by atoms with Crippen LogP contribution in [-0.4, -0.2) is 41.2 Å². The first-order valence-corrected chi connectivity index (χ1v) is 8.91. The molecule has 132 valence electrons. The molecule has 2 aromatic rings. The van der Waals surface area contributed by atoms with E-state index in [0.29, 0.717) is 23.7 Å². The van der Waals surface area contributed by atoms with Crippen LogP contribution in [0.5, 0.6) is 0 Å². The number of nitrogens with zero attached hydrogens (tertiary/aromatic N) is 3. The first-order chi connectivity index (χ1) is 12.1. The predicted molar refractivity (Wildman–Crippen MR) is 98.7 cm³/mol. The van der Waals surface area contributed by atoms with Gasteiger partial charge >= 0.3 is 0 Å². The van der Waals surface area contributed by atoms with E-state index in [1.54, 1.807) is 11.3 Å². The van der Waals surface area contributed by atoms with E-state index in [1.807, 2.05) is 36.4 Å². The molecule has 6 heteroatoms. The highest BCUT2D eigenvalue weighted by Gasteiger charge is 2.34. The lowest BCUT2D eigenvalue weighted by Gasteiger charge is -2.25. The molecule has 0 fully saturated rings. The average molecular weight is 360 g/mol. The third-order valence-corrected chi connectivity index (χ3v) is 4.73. The summed E-state index contributed by atoms with van der Waals surface area (Å²) in [6.07, 6.45) is 2.24. The van der Waals surface area contributed by atoms with Gasteiger partial charge in [-0.25, -0.2) is 5.01 Å². The van der Waals surface area contributed by atoms with Gasteiger partial charge in [-0.1, -0.05) is 37.6 Å². The largest absolute Gasteiger partial charge is 0.463 e. The summed E-state index contributed by atoms with van der Waals surface area (Å²) in [7, 11) is 0. The summed E-state index contributed by atoms with van der Waals surface area (Å²) in [5.74, 6) is 0.697. The van der Waals surface area contributed by atoms with Gasteiger partial charge in [-0.3, -0.25) is 9.69 Å². The Balaban J connectivity index is 1.87. The quantitative estimate of drug-likeness (QED) is 0.784. The fraction of sp³-hybridized carbons (Fsp3) is 0.368. The van der Waals surface area contributed by atoms with Gasteiger partial charge in [-0.05, 0) is 42.9 Å². The molecule has 1 aromatic carbocycles. The molecule has 0 bridgehead atoms. The first kappa shape index (κ1) is 17.7. The summed E-state index contributed by atoms with van der Waals surface area (Å²) in [5.41, 5.74) is 1.81. The number of benzene rings is 1. The second kappa shape index (κ2) is 7.85. The van der Waals surface area contributed by atoms with Crippen molar-refractivity contribution in [1.29, 1.82) is 0 Å². The van der Waals surface area contributed by atoms with Crippen molar-refractivity contribution in [2.24, 2.45) is 5.10 Å². The minimum Gasteiger partial charge on any atom is -0.463 e. The fourth-order valence-electron chi connectivity index (χ4n) is 2.99. The average Bonchev–Trinajstić information content (AvgIpc) is 3.29. The number of likely N-dealkylation sites (N-methyl/N-ethyl adjacent to an activating group) is 1. The molecule has 0 radical (unpaired) electrons. The van der Waals surface area contributed by atoms with Crippen LogP contribution in [0, 0.1) is 0 Å². The number of halogens is 1. The standard InChI is InChI=1S/C19H22ClN3O2/c1-3-22(4-2)13-19(24)23-17(14-7-9-15(20)10-8-14)12-16(21-23)18-6-5-11-25-18/h5-11,17H,3-4,12-13H2,1-2H3/t17-/m0/s1. The summed E-state index contributed by atoms with van der Waals surface area (Å²) in [5, 5.41) is 6.85. The van der Waals surface area contributed by atoms with Crippen molar-refractivity contribution in [3.05, 3.63) is 59.0 Å². The number of hydrazone groups is 1. The van der Waals surface area contributed by atoms with E-state index in [1.165, 1.54) is 0 Å². The highest BCUT2D eigenvalue weighted by molar-refractivity contribution is 6.30. The van der Waals surface area contributed by atoms with Gasteiger partial charge in [0.1, 0.15) is 11.5 Å². The van der Waals surface area contributed by atoms with Crippen LogP contribution in [0.1, 0.15) is 37.6 Å². The lowest BCUT2D eigenvalue weighted by Crippen LogP contribution is -2.38. The molecule has 5 nitrogen and oxygen atoms in total. The molecule has 1 amide bonds. The van der Waals surface area contributed by atoms with E-state index in [4.69, 9.17) is 16.0 Å². The van der Waals surface area contributed by atoms with Crippen LogP contribution in [0.2, 0.25) is 5.02 Å². The maximum atomic E-state index is 12.9. The van der Waals surface area contributed by atoms with Gasteiger partial charge in [0.25, 0.3) is 5.91 Å². The first-order valence-electron chi connectivity index (χ1n) is 8.53. The van der Waals surface area contributed by atoms with E-state index in [0.717, 1.165) is 24.4 Å². The molecule has 0 saturated heterocycles. The third kappa shape index (κ3) is 3.94. The SMILES string of the molecule is CCN(CC)CC(=O)N1N=C(c2ccco2)C[C@H]1c1ccc(Cl)cc1. The van der Waals surface area contributed by atoms with Crippen LogP contribution in [-0.2, 0) is 4.79 Å². The second-order valence-electron chi connectivity index (χ2n) is 6.00. The summed E-state index contributed by atoms with van der Waals surface area (Å²) < 4.78 is 5.47. The molecule has 1 aliphatic heterocycles. The van der Waals surface area contributed by atoms with Gasteiger partial charge < -0.3 is 4.42 Å². The normalized spacial score (nSPS) is 17.2. The minimum absolute atomic E-state index is 0.00907. The second-order valence-corrected chi connectivity index (χ2v) is 6.43. The molecule has 2 heterocycles. The van der Waals surface area contributed by atoms with E-state index in [9.17, 15) is 4.79 Å². The van der Waals surface area contributed by atoms with Crippen LogP contribution < -0.4 is 0 Å². The maximum absolute atomic E-state index is 12.9. The Morgan fingerprint density at radius 1 is 1.28 bits per heavy atom. The minimum atomic E-state index is -0.138. The van der Waals surface area contributed by atoms with Gasteiger partial charge in [0.15, 0.2) is 0 Å². The van der Waals surface area contributed by atoms with Gasteiger partial charge in [0.05, 0.1) is 18.8 Å². The molecule has 25 heavy (non-hydrogen) atoms. The molecule has 0 N–H and O–H groups in total. The van der Waals surface area contributed by atoms with Crippen molar-refractivity contribution in [1.82, 2.24) is 9.91 Å². The van der Waals surface area contributed by atoms with E-state index >= 15 is 0 Å². The number of carbonyl (C=O) groups is 1. The van der Waals surface area contributed by atoms with Crippen LogP contribution in [0.4, 0.5) is 0 Å². The lowest BCUT2D eigenvalue weighted by molar-refractivity contribution is -0.134. The molecule has 0 saturated carbocycles. The zero-order valence-corrected chi connectivity index (χ0v) is 15.2. The summed E-state index contributed by atoms with van der Waals surface area (Å²) >= 11 is 6.00. The van der Waals surface area contributed by atoms with Crippen molar-refractivity contribution in [2.45, 2.75) is 26.3 Å². The van der Waals surface area contributed by atoms with E-state index in [-0.39, 0.29) is 11.9 Å². The third-order valence-electron chi connectivity index (χ3n) is 4.48. The number of carbonyl (C=O) groups excluding carboxylic acids is 1. The summed E-state index contributed by atoms with van der Waals surface area (Å²) in [6.45, 7) is 6.11. The number of hydrogen-bond acceptors (Lipinski definition) is 4. The molecule has 0 spiro atoms. The Labute approximate surface area is 152 Å². The smallest absolute Gasteiger partial charge is 0.257 e. The van der Waals surface area contributed by atoms with Crippen molar-refractivity contribution in [2.75, 3.05) is 19.6 Å². The van der Waals surface area contributed by atoms with Gasteiger partial charge in [-0.2, -0.15) is 5.10 Å². The molecule has 0 unspecified atom stereocenters. The van der Waals surface area contributed by atoms with Crippen molar-refractivity contribution in [3.8, 4) is 0 Å². The number of hydrogen-bond donors (Lipinski definition) is 0. The molecular formula is C19H22ClN3O2. The number of amides is 1. The molecule has 1 aromatic heterocycles. The Kier molecular flexibility index (Phi) is 5.56. The topological polar surface area (TPSA) is 49.1 Å². The van der Waals surface area contributed by atoms with Gasteiger partial charge in [-0.15, -0.1) is 0 Å². The summed E-state index contributed by atoms with van der Waals surface area (Å²) in [6, 6.07) is 11.1. The number of furan rings is 1. The molecule has 3 rings (SSSR count). The monoisotopic (exact) mass is 359 g/mol. The maximum Gasteiger partial charge on any atom is 0.257 e. The Hall–Kier alpha value is -2.11. The molecular weight excluding hydrogens is 338 g/mol. The van der Waals surface area contributed by atoms with Crippen molar-refractivity contribution >= 4 is 23.2 Å². The predicted octanol–water partition coefficient (Wildman–Crippen LogP) is 3.95. The number of rotatable bonds is 6. The van der Waals surface area contributed by atoms with E-state index in [2.05, 4.69) is 23.8 Å². The zero-order valence-electron chi connectivity index (χ0n) is 14.5. The molecule has 0 aliphatic carbocycles. The van der Waals surface area contributed by atoms with Crippen molar-refractivity contribution < 1.29 is 9.21 Å². The van der Waals surface area contributed by atoms with Crippen LogP contribution in [0.3, 0.4) is 0 Å². The molecule has 1 atom stereocenters. The Morgan fingerprint density at radius 2 is 2.00 bits per heavy atom. The fourth-order valence-corrected chi connectivity index (χ4v) is 3.11. The van der Waals surface area contributed by atoms with Crippen LogP contribution in [0.25, 0.3) is 0 Å². The van der Waals surface area contributed by atoms with E-state index < -0.39 is 0 Å². The zero-order chi connectivity index (χ0) is 17.8. The van der Waals surface area contributed by atoms with Crippen molar-refractivity contribution in [3.63, 3.8) is 0 Å². The molecule has 1 aliphatic rings. The van der Waals surface area contributed by atoms with Gasteiger partial charge in [0.2, 0.25) is 0 Å². The van der Waals surface area contributed by atoms with Gasteiger partial charge in [0, 0.05) is 11.4 Å². The Bertz CT molecular complexity index is 737. The lowest BCUT2D eigenvalue weighted by atomic mass is 10.0. The highest BCUT2D eigenvalue weighted by Crippen LogP contribution is 2.33. The Morgan fingerprint density at radius 3 is 2.60 bits per heavy atom. The summed E-state index contributed by atoms with van der Waals surface area (Å²) in [4.78, 5) is 14.9. The van der Waals surface area contributed by atoms with Crippen LogP contribution >= 0.6 is 11.6 Å². The highest BCUT2D eigenvalue weighted by atomic mass is 35.5. The van der Waals surface area contributed by atoms with Crippen LogP contribution in [0.15, 0.2) is 52.2 Å².